The summed E-state index contributed by atoms with van der Waals surface area (Å²) in [5, 5.41) is 16.9. The summed E-state index contributed by atoms with van der Waals surface area (Å²) in [5.74, 6) is -0.151. The standard InChI is InChI=1S/C7H12N4O2S/c1-10(2)6-8-9-7(11(6)3)14-4-5(12)13/h4H2,1-3H3,(H,12,13). The van der Waals surface area contributed by atoms with Gasteiger partial charge in [0.2, 0.25) is 5.95 Å². The highest BCUT2D eigenvalue weighted by Gasteiger charge is 2.11. The third kappa shape index (κ3) is 2.38. The number of carboxylic acid groups (broad SMARTS) is 1. The van der Waals surface area contributed by atoms with E-state index in [-0.39, 0.29) is 5.75 Å². The smallest absolute Gasteiger partial charge is 0.313 e. The van der Waals surface area contributed by atoms with Crippen molar-refractivity contribution in [1.82, 2.24) is 14.8 Å². The molecule has 1 aromatic heterocycles. The minimum atomic E-state index is -0.857. The normalized spacial score (nSPS) is 10.2. The van der Waals surface area contributed by atoms with Crippen LogP contribution in [0.4, 0.5) is 5.95 Å². The topological polar surface area (TPSA) is 71.2 Å². The number of hydrogen-bond donors (Lipinski definition) is 1. The highest BCUT2D eigenvalue weighted by Crippen LogP contribution is 2.18. The van der Waals surface area contributed by atoms with Gasteiger partial charge in [0.15, 0.2) is 5.16 Å². The molecule has 0 saturated carbocycles. The first-order valence-electron chi connectivity index (χ1n) is 3.93. The molecule has 1 N–H and O–H groups in total. The van der Waals surface area contributed by atoms with Crippen LogP contribution in [-0.4, -0.2) is 45.7 Å². The molecule has 1 rings (SSSR count). The molecule has 0 aliphatic rings. The highest BCUT2D eigenvalue weighted by molar-refractivity contribution is 7.99. The van der Waals surface area contributed by atoms with Gasteiger partial charge in [-0.1, -0.05) is 11.8 Å². The lowest BCUT2D eigenvalue weighted by molar-refractivity contribution is -0.133. The van der Waals surface area contributed by atoms with Gasteiger partial charge in [0.25, 0.3) is 0 Å². The van der Waals surface area contributed by atoms with Crippen molar-refractivity contribution >= 4 is 23.7 Å². The molecule has 0 saturated heterocycles. The number of aliphatic carboxylic acids is 1. The van der Waals surface area contributed by atoms with E-state index in [2.05, 4.69) is 10.2 Å². The van der Waals surface area contributed by atoms with E-state index >= 15 is 0 Å². The van der Waals surface area contributed by atoms with E-state index in [0.29, 0.717) is 11.1 Å². The van der Waals surface area contributed by atoms with E-state index in [0.717, 1.165) is 11.8 Å². The summed E-state index contributed by atoms with van der Waals surface area (Å²) < 4.78 is 1.76. The number of rotatable bonds is 4. The van der Waals surface area contributed by atoms with Gasteiger partial charge in [0.1, 0.15) is 0 Å². The monoisotopic (exact) mass is 216 g/mol. The summed E-state index contributed by atoms with van der Waals surface area (Å²) in [6, 6.07) is 0. The fourth-order valence-electron chi connectivity index (χ4n) is 0.949. The molecule has 7 heteroatoms. The van der Waals surface area contributed by atoms with Crippen molar-refractivity contribution in [3.8, 4) is 0 Å². The first kappa shape index (κ1) is 10.8. The Kier molecular flexibility index (Phi) is 3.34. The second kappa shape index (κ2) is 4.32. The fraction of sp³-hybridized carbons (Fsp3) is 0.571. The van der Waals surface area contributed by atoms with Crippen molar-refractivity contribution in [3.05, 3.63) is 0 Å². The van der Waals surface area contributed by atoms with Gasteiger partial charge in [-0.05, 0) is 0 Å². The molecule has 0 aromatic carbocycles. The van der Waals surface area contributed by atoms with E-state index in [1.165, 1.54) is 0 Å². The molecule has 0 unspecified atom stereocenters. The average molecular weight is 216 g/mol. The van der Waals surface area contributed by atoms with Gasteiger partial charge < -0.3 is 10.0 Å². The number of hydrogen-bond acceptors (Lipinski definition) is 5. The average Bonchev–Trinajstić information content (AvgIpc) is 2.43. The maximum absolute atomic E-state index is 10.3. The molecule has 0 aliphatic heterocycles. The lowest BCUT2D eigenvalue weighted by Crippen LogP contribution is -2.14. The number of aromatic nitrogens is 3. The Balaban J connectivity index is 2.74. The van der Waals surface area contributed by atoms with E-state index < -0.39 is 5.97 Å². The lowest BCUT2D eigenvalue weighted by Gasteiger charge is -2.10. The quantitative estimate of drug-likeness (QED) is 0.717. The van der Waals surface area contributed by atoms with Gasteiger partial charge in [-0.2, -0.15) is 0 Å². The molecular weight excluding hydrogens is 204 g/mol. The number of carbonyl (C=O) groups is 1. The van der Waals surface area contributed by atoms with Gasteiger partial charge in [0.05, 0.1) is 5.75 Å². The van der Waals surface area contributed by atoms with Crippen LogP contribution in [0.1, 0.15) is 0 Å². The van der Waals surface area contributed by atoms with Crippen LogP contribution in [0.25, 0.3) is 0 Å². The van der Waals surface area contributed by atoms with Crippen molar-refractivity contribution in [2.75, 3.05) is 24.7 Å². The number of thioether (sulfide) groups is 1. The molecule has 0 spiro atoms. The van der Waals surface area contributed by atoms with Gasteiger partial charge in [-0.15, -0.1) is 10.2 Å². The Morgan fingerprint density at radius 1 is 1.57 bits per heavy atom. The summed E-state index contributed by atoms with van der Waals surface area (Å²) in [6.45, 7) is 0. The second-order valence-corrected chi connectivity index (χ2v) is 3.86. The molecule has 6 nitrogen and oxygen atoms in total. The maximum Gasteiger partial charge on any atom is 0.313 e. The van der Waals surface area contributed by atoms with Gasteiger partial charge in [0, 0.05) is 21.1 Å². The first-order valence-corrected chi connectivity index (χ1v) is 4.92. The van der Waals surface area contributed by atoms with Crippen molar-refractivity contribution in [1.29, 1.82) is 0 Å². The van der Waals surface area contributed by atoms with E-state index in [1.54, 1.807) is 11.6 Å². The van der Waals surface area contributed by atoms with Crippen LogP contribution in [0.5, 0.6) is 0 Å². The Labute approximate surface area is 85.9 Å². The van der Waals surface area contributed by atoms with E-state index in [9.17, 15) is 4.79 Å². The minimum Gasteiger partial charge on any atom is -0.481 e. The van der Waals surface area contributed by atoms with Crippen molar-refractivity contribution in [2.45, 2.75) is 5.16 Å². The maximum atomic E-state index is 10.3. The van der Waals surface area contributed by atoms with Crippen LogP contribution in [0.2, 0.25) is 0 Å². The minimum absolute atomic E-state index is 0.000593. The van der Waals surface area contributed by atoms with Crippen LogP contribution in [0.15, 0.2) is 5.16 Å². The van der Waals surface area contributed by atoms with Crippen molar-refractivity contribution in [3.63, 3.8) is 0 Å². The molecule has 1 aromatic rings. The van der Waals surface area contributed by atoms with Gasteiger partial charge in [-0.3, -0.25) is 9.36 Å². The Hall–Kier alpha value is -1.24. The number of anilines is 1. The van der Waals surface area contributed by atoms with E-state index in [1.807, 2.05) is 19.0 Å². The third-order valence-electron chi connectivity index (χ3n) is 1.54. The molecule has 0 atom stereocenters. The molecule has 78 valence electrons. The van der Waals surface area contributed by atoms with Crippen molar-refractivity contribution in [2.24, 2.45) is 7.05 Å². The molecule has 0 radical (unpaired) electrons. The molecule has 0 fully saturated rings. The molecule has 0 amide bonds. The molecule has 1 heterocycles. The Morgan fingerprint density at radius 2 is 2.21 bits per heavy atom. The van der Waals surface area contributed by atoms with Crippen LogP contribution in [-0.2, 0) is 11.8 Å². The summed E-state index contributed by atoms with van der Waals surface area (Å²) in [7, 11) is 5.52. The van der Waals surface area contributed by atoms with Crippen LogP contribution < -0.4 is 4.90 Å². The first-order chi connectivity index (χ1) is 6.52. The number of nitrogens with zero attached hydrogens (tertiary/aromatic N) is 4. The molecule has 14 heavy (non-hydrogen) atoms. The van der Waals surface area contributed by atoms with Gasteiger partial charge >= 0.3 is 5.97 Å². The van der Waals surface area contributed by atoms with Crippen molar-refractivity contribution < 1.29 is 9.90 Å². The SMILES string of the molecule is CN(C)c1nnc(SCC(=O)O)n1C. The summed E-state index contributed by atoms with van der Waals surface area (Å²) in [4.78, 5) is 12.2. The predicted molar refractivity (Wildman–Crippen MR) is 53.7 cm³/mol. The fourth-order valence-corrected chi connectivity index (χ4v) is 1.58. The molecule has 0 bridgehead atoms. The van der Waals surface area contributed by atoms with E-state index in [4.69, 9.17) is 5.11 Å². The van der Waals surface area contributed by atoms with Crippen LogP contribution >= 0.6 is 11.8 Å². The Bertz CT molecular complexity index is 336. The Morgan fingerprint density at radius 3 is 2.64 bits per heavy atom. The van der Waals surface area contributed by atoms with Crippen LogP contribution in [0, 0.1) is 0 Å². The summed E-state index contributed by atoms with van der Waals surface area (Å²) in [6.07, 6.45) is 0. The zero-order valence-electron chi connectivity index (χ0n) is 8.26. The lowest BCUT2D eigenvalue weighted by atomic mass is 10.8. The zero-order chi connectivity index (χ0) is 10.7. The summed E-state index contributed by atoms with van der Waals surface area (Å²) >= 11 is 1.16. The van der Waals surface area contributed by atoms with Gasteiger partial charge in [-0.25, -0.2) is 0 Å². The molecule has 0 aliphatic carbocycles. The zero-order valence-corrected chi connectivity index (χ0v) is 9.08. The largest absolute Gasteiger partial charge is 0.481 e. The highest BCUT2D eigenvalue weighted by atomic mass is 32.2. The van der Waals surface area contributed by atoms with Crippen LogP contribution in [0.3, 0.4) is 0 Å². The third-order valence-corrected chi connectivity index (χ3v) is 2.54. The summed E-state index contributed by atoms with van der Waals surface area (Å²) in [5.41, 5.74) is 0. The second-order valence-electron chi connectivity index (χ2n) is 2.92. The molecular formula is C7H12N4O2S. The predicted octanol–water partition coefficient (Wildman–Crippen LogP) is 0.0578. The number of carboxylic acids is 1.